The van der Waals surface area contributed by atoms with Crippen LogP contribution in [0.25, 0.3) is 0 Å². The quantitative estimate of drug-likeness (QED) is 0.788. The van der Waals surface area contributed by atoms with Crippen LogP contribution in [0.1, 0.15) is 37.7 Å². The van der Waals surface area contributed by atoms with Gasteiger partial charge in [0.05, 0.1) is 0 Å². The lowest BCUT2D eigenvalue weighted by Gasteiger charge is -2.37. The Morgan fingerprint density at radius 3 is 2.35 bits per heavy atom. The van der Waals surface area contributed by atoms with E-state index in [1.165, 1.54) is 50.6 Å². The smallest absolute Gasteiger partial charge is 0.00683 e. The van der Waals surface area contributed by atoms with E-state index in [0.717, 1.165) is 17.9 Å². The molecule has 2 unspecified atom stereocenters. The summed E-state index contributed by atoms with van der Waals surface area (Å²) < 4.78 is 0. The minimum Gasteiger partial charge on any atom is -0.314 e. The third kappa shape index (κ3) is 3.10. The first kappa shape index (κ1) is 11.3. The first-order valence-corrected chi connectivity index (χ1v) is 7.19. The molecule has 1 heteroatoms. The number of aryl methyl sites for hydroxylation is 1. The average Bonchev–Trinajstić information content (AvgIpc) is 3.13. The number of hydrogen-bond acceptors (Lipinski definition) is 1. The Balaban J connectivity index is 1.39. The molecule has 0 heterocycles. The number of rotatable bonds is 6. The maximum Gasteiger partial charge on any atom is 0.00683 e. The first-order valence-electron chi connectivity index (χ1n) is 7.19. The Labute approximate surface area is 105 Å². The van der Waals surface area contributed by atoms with E-state index in [9.17, 15) is 0 Å². The van der Waals surface area contributed by atoms with Crippen LogP contribution in [0, 0.1) is 11.8 Å². The molecule has 1 aromatic rings. The zero-order valence-corrected chi connectivity index (χ0v) is 10.6. The molecule has 92 valence electrons. The second-order valence-electron chi connectivity index (χ2n) is 5.80. The molecule has 0 amide bonds. The molecule has 1 aromatic carbocycles. The Kier molecular flexibility index (Phi) is 3.46. The summed E-state index contributed by atoms with van der Waals surface area (Å²) in [5, 5.41) is 3.69. The van der Waals surface area contributed by atoms with Gasteiger partial charge in [0, 0.05) is 6.04 Å². The predicted octanol–water partition coefficient (Wildman–Crippen LogP) is 3.40. The van der Waals surface area contributed by atoms with Gasteiger partial charge in [0.1, 0.15) is 0 Å². The second kappa shape index (κ2) is 5.22. The van der Waals surface area contributed by atoms with Crippen molar-refractivity contribution >= 4 is 0 Å². The second-order valence-corrected chi connectivity index (χ2v) is 5.80. The molecule has 0 aromatic heterocycles. The van der Waals surface area contributed by atoms with Crippen LogP contribution in [0.15, 0.2) is 30.3 Å². The Hall–Kier alpha value is -0.820. The number of benzene rings is 1. The van der Waals surface area contributed by atoms with E-state index in [1.807, 2.05) is 0 Å². The van der Waals surface area contributed by atoms with Gasteiger partial charge in [-0.1, -0.05) is 30.3 Å². The molecule has 0 spiro atoms. The number of nitrogens with one attached hydrogen (secondary N) is 1. The van der Waals surface area contributed by atoms with Crippen LogP contribution in [0.2, 0.25) is 0 Å². The third-order valence-electron chi connectivity index (χ3n) is 4.47. The summed E-state index contributed by atoms with van der Waals surface area (Å²) in [6.45, 7) is 1.28. The summed E-state index contributed by atoms with van der Waals surface area (Å²) >= 11 is 0. The van der Waals surface area contributed by atoms with E-state index in [-0.39, 0.29) is 0 Å². The zero-order chi connectivity index (χ0) is 11.5. The summed E-state index contributed by atoms with van der Waals surface area (Å²) in [6, 6.07) is 11.8. The summed E-state index contributed by atoms with van der Waals surface area (Å²) in [5.41, 5.74) is 1.51. The largest absolute Gasteiger partial charge is 0.314 e. The minimum absolute atomic E-state index is 0.880. The van der Waals surface area contributed by atoms with Gasteiger partial charge in [-0.2, -0.15) is 0 Å². The molecule has 0 bridgehead atoms. The highest BCUT2D eigenvalue weighted by atomic mass is 14.9. The van der Waals surface area contributed by atoms with Crippen molar-refractivity contribution in [3.05, 3.63) is 35.9 Å². The van der Waals surface area contributed by atoms with Crippen molar-refractivity contribution in [2.45, 2.75) is 44.6 Å². The van der Waals surface area contributed by atoms with Crippen LogP contribution in [0.3, 0.4) is 0 Å². The molecule has 2 fully saturated rings. The van der Waals surface area contributed by atoms with E-state index < -0.39 is 0 Å². The van der Waals surface area contributed by atoms with Gasteiger partial charge in [0.2, 0.25) is 0 Å². The minimum atomic E-state index is 0.880. The van der Waals surface area contributed by atoms with Gasteiger partial charge in [0.25, 0.3) is 0 Å². The molecular weight excluding hydrogens is 206 g/mol. The Morgan fingerprint density at radius 2 is 1.71 bits per heavy atom. The van der Waals surface area contributed by atoms with Crippen molar-refractivity contribution in [3.63, 3.8) is 0 Å². The first-order chi connectivity index (χ1) is 8.42. The van der Waals surface area contributed by atoms with Gasteiger partial charge in [-0.15, -0.1) is 0 Å². The van der Waals surface area contributed by atoms with Crippen molar-refractivity contribution in [3.8, 4) is 0 Å². The third-order valence-corrected chi connectivity index (χ3v) is 4.47. The van der Waals surface area contributed by atoms with Crippen molar-refractivity contribution in [1.82, 2.24) is 5.32 Å². The fourth-order valence-electron chi connectivity index (χ4n) is 2.89. The van der Waals surface area contributed by atoms with Gasteiger partial charge in [0.15, 0.2) is 0 Å². The van der Waals surface area contributed by atoms with Gasteiger partial charge in [-0.3, -0.25) is 0 Å². The summed E-state index contributed by atoms with van der Waals surface area (Å²) in [6.07, 6.45) is 8.41. The molecule has 0 aliphatic heterocycles. The monoisotopic (exact) mass is 229 g/mol. The standard InChI is InChI=1S/C16H23N/c1-2-4-13(5-3-1)6-7-14-8-9-15(14)12-17-16-10-11-16/h1-5,14-17H,6-12H2. The Bertz CT molecular complexity index is 342. The molecule has 2 aliphatic rings. The van der Waals surface area contributed by atoms with Crippen LogP contribution in [0.4, 0.5) is 0 Å². The van der Waals surface area contributed by atoms with Gasteiger partial charge < -0.3 is 5.32 Å². The molecule has 0 saturated heterocycles. The maximum atomic E-state index is 3.69. The molecule has 1 N–H and O–H groups in total. The van der Waals surface area contributed by atoms with Crippen molar-refractivity contribution in [1.29, 1.82) is 0 Å². The summed E-state index contributed by atoms with van der Waals surface area (Å²) in [7, 11) is 0. The molecule has 3 rings (SSSR count). The highest BCUT2D eigenvalue weighted by Gasteiger charge is 2.31. The van der Waals surface area contributed by atoms with Crippen LogP contribution in [0.5, 0.6) is 0 Å². The van der Waals surface area contributed by atoms with Gasteiger partial charge >= 0.3 is 0 Å². The van der Waals surface area contributed by atoms with Gasteiger partial charge in [-0.05, 0) is 62.5 Å². The van der Waals surface area contributed by atoms with Gasteiger partial charge in [-0.25, -0.2) is 0 Å². The lowest BCUT2D eigenvalue weighted by molar-refractivity contribution is 0.160. The molecule has 2 atom stereocenters. The molecule has 2 saturated carbocycles. The van der Waals surface area contributed by atoms with Crippen LogP contribution in [-0.2, 0) is 6.42 Å². The van der Waals surface area contributed by atoms with Crippen LogP contribution >= 0.6 is 0 Å². The van der Waals surface area contributed by atoms with Crippen molar-refractivity contribution in [2.75, 3.05) is 6.54 Å². The van der Waals surface area contributed by atoms with E-state index in [2.05, 4.69) is 35.6 Å². The molecule has 17 heavy (non-hydrogen) atoms. The molecule has 2 aliphatic carbocycles. The van der Waals surface area contributed by atoms with Crippen LogP contribution in [-0.4, -0.2) is 12.6 Å². The highest BCUT2D eigenvalue weighted by Crippen LogP contribution is 2.37. The lowest BCUT2D eigenvalue weighted by atomic mass is 9.71. The van der Waals surface area contributed by atoms with Crippen LogP contribution < -0.4 is 5.32 Å². The fourth-order valence-corrected chi connectivity index (χ4v) is 2.89. The molecular formula is C16H23N. The number of hydrogen-bond donors (Lipinski definition) is 1. The molecule has 0 radical (unpaired) electrons. The topological polar surface area (TPSA) is 12.0 Å². The fraction of sp³-hybridized carbons (Fsp3) is 0.625. The maximum absolute atomic E-state index is 3.69. The van der Waals surface area contributed by atoms with E-state index >= 15 is 0 Å². The predicted molar refractivity (Wildman–Crippen MR) is 72.0 cm³/mol. The summed E-state index contributed by atoms with van der Waals surface area (Å²) in [5.74, 6) is 1.96. The Morgan fingerprint density at radius 1 is 0.941 bits per heavy atom. The highest BCUT2D eigenvalue weighted by molar-refractivity contribution is 5.14. The average molecular weight is 229 g/mol. The van der Waals surface area contributed by atoms with E-state index in [1.54, 1.807) is 0 Å². The molecule has 1 nitrogen and oxygen atoms in total. The normalized spacial score (nSPS) is 27.8. The van der Waals surface area contributed by atoms with Crippen molar-refractivity contribution < 1.29 is 0 Å². The summed E-state index contributed by atoms with van der Waals surface area (Å²) in [4.78, 5) is 0. The van der Waals surface area contributed by atoms with E-state index in [4.69, 9.17) is 0 Å². The lowest BCUT2D eigenvalue weighted by Crippen LogP contribution is -2.36. The van der Waals surface area contributed by atoms with E-state index in [0.29, 0.717) is 0 Å². The van der Waals surface area contributed by atoms with Crippen molar-refractivity contribution in [2.24, 2.45) is 11.8 Å². The SMILES string of the molecule is c1ccc(CCC2CCC2CNC2CC2)cc1. The zero-order valence-electron chi connectivity index (χ0n) is 10.6.